The fourth-order valence-electron chi connectivity index (χ4n) is 3.82. The number of nitrogens with zero attached hydrogens (tertiary/aromatic N) is 1. The van der Waals surface area contributed by atoms with Gasteiger partial charge in [-0.1, -0.05) is 30.3 Å². The molecule has 0 unspecified atom stereocenters. The second-order valence-corrected chi connectivity index (χ2v) is 10.2. The molecule has 30 heavy (non-hydrogen) atoms. The minimum absolute atomic E-state index is 0.0376. The molecular formula is C23H33N3O3S. The van der Waals surface area contributed by atoms with Gasteiger partial charge in [0.1, 0.15) is 5.75 Å². The molecule has 0 radical (unpaired) electrons. The molecule has 164 valence electrons. The van der Waals surface area contributed by atoms with Crippen LogP contribution in [-0.4, -0.2) is 40.4 Å². The quantitative estimate of drug-likeness (QED) is 0.670. The number of rotatable bonds is 8. The highest BCUT2D eigenvalue weighted by molar-refractivity contribution is 7.92. The molecule has 3 rings (SSSR count). The monoisotopic (exact) mass is 431 g/mol. The highest BCUT2D eigenvalue weighted by Gasteiger charge is 2.26. The van der Waals surface area contributed by atoms with Crippen molar-refractivity contribution in [2.75, 3.05) is 24.2 Å². The minimum atomic E-state index is -3.33. The number of ether oxygens (including phenoxy) is 1. The Labute approximate surface area is 180 Å². The molecule has 2 aromatic rings. The van der Waals surface area contributed by atoms with Crippen LogP contribution in [0.25, 0.3) is 0 Å². The first-order valence-electron chi connectivity index (χ1n) is 10.5. The SMILES string of the molecule is CC(C)Oc1ccc(N(C)S(C)(=O)=O)cc1CN[C@@H]1CCCN[C@@H]1c1ccccc1. The van der Waals surface area contributed by atoms with E-state index in [1.54, 1.807) is 13.1 Å². The van der Waals surface area contributed by atoms with Gasteiger partial charge in [-0.05, 0) is 57.0 Å². The zero-order valence-corrected chi connectivity index (χ0v) is 19.1. The summed E-state index contributed by atoms with van der Waals surface area (Å²) >= 11 is 0. The molecule has 1 aliphatic heterocycles. The molecule has 6 nitrogen and oxygen atoms in total. The van der Waals surface area contributed by atoms with Crippen LogP contribution in [0.1, 0.15) is 43.9 Å². The Balaban J connectivity index is 1.82. The van der Waals surface area contributed by atoms with Gasteiger partial charge in [-0.2, -0.15) is 0 Å². The highest BCUT2D eigenvalue weighted by atomic mass is 32.2. The van der Waals surface area contributed by atoms with E-state index in [0.29, 0.717) is 12.2 Å². The Bertz CT molecular complexity index is 932. The normalized spacial score (nSPS) is 19.6. The third-order valence-corrected chi connectivity index (χ3v) is 6.65. The average Bonchev–Trinajstić information content (AvgIpc) is 2.72. The topological polar surface area (TPSA) is 70.7 Å². The summed E-state index contributed by atoms with van der Waals surface area (Å²) < 4.78 is 31.3. The third kappa shape index (κ3) is 5.74. The molecule has 0 saturated carbocycles. The van der Waals surface area contributed by atoms with E-state index in [4.69, 9.17) is 4.74 Å². The van der Waals surface area contributed by atoms with Crippen molar-refractivity contribution in [3.8, 4) is 5.75 Å². The van der Waals surface area contributed by atoms with Crippen LogP contribution in [0, 0.1) is 0 Å². The van der Waals surface area contributed by atoms with E-state index in [0.717, 1.165) is 30.7 Å². The number of hydrogen-bond donors (Lipinski definition) is 2. The Morgan fingerprint density at radius 3 is 2.60 bits per heavy atom. The van der Waals surface area contributed by atoms with Gasteiger partial charge >= 0.3 is 0 Å². The minimum Gasteiger partial charge on any atom is -0.491 e. The standard InChI is InChI=1S/C23H33N3O3S/c1-17(2)29-22-13-12-20(26(3)30(4,27)28)15-19(22)16-25-21-11-8-14-24-23(21)18-9-6-5-7-10-18/h5-7,9-10,12-13,15,17,21,23-25H,8,11,14,16H2,1-4H3/t21-,23-/m1/s1. The van der Waals surface area contributed by atoms with Gasteiger partial charge in [-0.25, -0.2) is 8.42 Å². The lowest BCUT2D eigenvalue weighted by molar-refractivity contribution is 0.238. The van der Waals surface area contributed by atoms with Crippen molar-refractivity contribution in [1.82, 2.24) is 10.6 Å². The number of sulfonamides is 1. The number of hydrogen-bond acceptors (Lipinski definition) is 5. The van der Waals surface area contributed by atoms with Crippen molar-refractivity contribution < 1.29 is 13.2 Å². The van der Waals surface area contributed by atoms with E-state index in [1.165, 1.54) is 16.1 Å². The Morgan fingerprint density at radius 1 is 1.20 bits per heavy atom. The lowest BCUT2D eigenvalue weighted by Gasteiger charge is -2.34. The average molecular weight is 432 g/mol. The van der Waals surface area contributed by atoms with E-state index in [9.17, 15) is 8.42 Å². The van der Waals surface area contributed by atoms with Crippen LogP contribution in [0.4, 0.5) is 5.69 Å². The molecule has 1 heterocycles. The van der Waals surface area contributed by atoms with E-state index >= 15 is 0 Å². The molecule has 0 aromatic heterocycles. The molecule has 7 heteroatoms. The predicted molar refractivity (Wildman–Crippen MR) is 123 cm³/mol. The zero-order chi connectivity index (χ0) is 21.7. The summed E-state index contributed by atoms with van der Waals surface area (Å²) in [5.41, 5.74) is 2.86. The molecule has 0 amide bonds. The van der Waals surface area contributed by atoms with E-state index in [-0.39, 0.29) is 18.2 Å². The van der Waals surface area contributed by atoms with E-state index in [1.807, 2.05) is 32.0 Å². The van der Waals surface area contributed by atoms with Crippen LogP contribution >= 0.6 is 0 Å². The van der Waals surface area contributed by atoms with Gasteiger partial charge < -0.3 is 15.4 Å². The van der Waals surface area contributed by atoms with E-state index in [2.05, 4.69) is 34.9 Å². The van der Waals surface area contributed by atoms with Crippen molar-refractivity contribution in [3.63, 3.8) is 0 Å². The largest absolute Gasteiger partial charge is 0.491 e. The van der Waals surface area contributed by atoms with Gasteiger partial charge in [0.25, 0.3) is 0 Å². The maximum absolute atomic E-state index is 12.0. The van der Waals surface area contributed by atoms with Crippen LogP contribution in [0.15, 0.2) is 48.5 Å². The van der Waals surface area contributed by atoms with Crippen LogP contribution in [0.2, 0.25) is 0 Å². The first-order chi connectivity index (χ1) is 14.3. The third-order valence-electron chi connectivity index (χ3n) is 5.44. The number of nitrogens with one attached hydrogen (secondary N) is 2. The van der Waals surface area contributed by atoms with Crippen LogP contribution in [0.5, 0.6) is 5.75 Å². The summed E-state index contributed by atoms with van der Waals surface area (Å²) in [7, 11) is -1.76. The molecule has 2 aromatic carbocycles. The molecule has 2 N–H and O–H groups in total. The second kappa shape index (κ2) is 9.81. The highest BCUT2D eigenvalue weighted by Crippen LogP contribution is 2.29. The Hall–Kier alpha value is -2.09. The Kier molecular flexibility index (Phi) is 7.39. The molecule has 1 aliphatic rings. The number of anilines is 1. The van der Waals surface area contributed by atoms with Crippen LogP contribution < -0.4 is 19.7 Å². The van der Waals surface area contributed by atoms with Gasteiger partial charge in [0.2, 0.25) is 10.0 Å². The molecular weight excluding hydrogens is 398 g/mol. The molecule has 1 fully saturated rings. The van der Waals surface area contributed by atoms with E-state index < -0.39 is 10.0 Å². The lowest BCUT2D eigenvalue weighted by atomic mass is 9.92. The van der Waals surface area contributed by atoms with Gasteiger partial charge in [-0.3, -0.25) is 4.31 Å². The first kappa shape index (κ1) is 22.6. The van der Waals surface area contributed by atoms with Crippen molar-refractivity contribution >= 4 is 15.7 Å². The van der Waals surface area contributed by atoms with Gasteiger partial charge in [0.05, 0.1) is 18.0 Å². The summed E-state index contributed by atoms with van der Waals surface area (Å²) in [6.45, 7) is 5.59. The summed E-state index contributed by atoms with van der Waals surface area (Å²) in [5.74, 6) is 0.781. The fraction of sp³-hybridized carbons (Fsp3) is 0.478. The number of piperidine rings is 1. The molecule has 0 aliphatic carbocycles. The smallest absolute Gasteiger partial charge is 0.231 e. The van der Waals surface area contributed by atoms with Crippen LogP contribution in [-0.2, 0) is 16.6 Å². The predicted octanol–water partition coefficient (Wildman–Crippen LogP) is 3.45. The molecule has 1 saturated heterocycles. The van der Waals surface area contributed by atoms with Crippen molar-refractivity contribution in [2.45, 2.75) is 51.4 Å². The van der Waals surface area contributed by atoms with Gasteiger partial charge in [0.15, 0.2) is 0 Å². The summed E-state index contributed by atoms with van der Waals surface area (Å²) in [5, 5.41) is 7.33. The lowest BCUT2D eigenvalue weighted by Crippen LogP contribution is -2.45. The van der Waals surface area contributed by atoms with Gasteiger partial charge in [-0.15, -0.1) is 0 Å². The summed E-state index contributed by atoms with van der Waals surface area (Å²) in [6.07, 6.45) is 3.45. The van der Waals surface area contributed by atoms with Crippen molar-refractivity contribution in [3.05, 3.63) is 59.7 Å². The zero-order valence-electron chi connectivity index (χ0n) is 18.3. The van der Waals surface area contributed by atoms with Crippen LogP contribution in [0.3, 0.4) is 0 Å². The number of benzene rings is 2. The summed E-state index contributed by atoms with van der Waals surface area (Å²) in [6, 6.07) is 16.6. The van der Waals surface area contributed by atoms with Crippen molar-refractivity contribution in [2.24, 2.45) is 0 Å². The van der Waals surface area contributed by atoms with Gasteiger partial charge in [0, 0.05) is 31.2 Å². The Morgan fingerprint density at radius 2 is 1.93 bits per heavy atom. The fourth-order valence-corrected chi connectivity index (χ4v) is 4.32. The van der Waals surface area contributed by atoms with Crippen molar-refractivity contribution in [1.29, 1.82) is 0 Å². The maximum atomic E-state index is 12.0. The second-order valence-electron chi connectivity index (χ2n) is 8.16. The first-order valence-corrected chi connectivity index (χ1v) is 12.4. The maximum Gasteiger partial charge on any atom is 0.231 e. The molecule has 2 atom stereocenters. The summed E-state index contributed by atoms with van der Waals surface area (Å²) in [4.78, 5) is 0. The molecule has 0 spiro atoms. The molecule has 0 bridgehead atoms.